The third kappa shape index (κ3) is 4.44. The maximum absolute atomic E-state index is 11.7. The lowest BCUT2D eigenvalue weighted by atomic mass is 10.2. The topological polar surface area (TPSA) is 58.4 Å². The van der Waals surface area contributed by atoms with Crippen LogP contribution in [0.5, 0.6) is 0 Å². The molecule has 0 saturated heterocycles. The molecule has 0 unspecified atom stereocenters. The summed E-state index contributed by atoms with van der Waals surface area (Å²) in [6.07, 6.45) is 0.496. The summed E-state index contributed by atoms with van der Waals surface area (Å²) in [5, 5.41) is 2.82. The Morgan fingerprint density at radius 2 is 1.94 bits per heavy atom. The number of amides is 1. The Hall–Kier alpha value is -1.55. The Morgan fingerprint density at radius 3 is 2.53 bits per heavy atom. The summed E-state index contributed by atoms with van der Waals surface area (Å²) in [5.41, 5.74) is 7.04. The number of nitrogens with one attached hydrogen (secondary N) is 1. The van der Waals surface area contributed by atoms with Crippen LogP contribution < -0.4 is 11.1 Å². The van der Waals surface area contributed by atoms with Gasteiger partial charge in [0.1, 0.15) is 0 Å². The molecule has 4 nitrogen and oxygen atoms in total. The van der Waals surface area contributed by atoms with E-state index in [9.17, 15) is 4.79 Å². The summed E-state index contributed by atoms with van der Waals surface area (Å²) in [6.45, 7) is 6.91. The van der Waals surface area contributed by atoms with Gasteiger partial charge in [-0.2, -0.15) is 0 Å². The molecule has 0 atom stereocenters. The molecule has 0 fully saturated rings. The third-order valence-corrected chi connectivity index (χ3v) is 2.78. The fourth-order valence-electron chi connectivity index (χ4n) is 1.62. The maximum Gasteiger partial charge on any atom is 0.225 e. The van der Waals surface area contributed by atoms with Crippen LogP contribution in [-0.4, -0.2) is 30.4 Å². The second kappa shape index (κ2) is 6.91. The van der Waals surface area contributed by atoms with Crippen molar-refractivity contribution in [2.24, 2.45) is 0 Å². The minimum Gasteiger partial charge on any atom is -0.397 e. The maximum atomic E-state index is 11.7. The number of nitrogen functional groups attached to an aromatic ring is 1. The second-order valence-electron chi connectivity index (χ2n) is 3.91. The number of hydrogen-bond donors (Lipinski definition) is 2. The molecule has 17 heavy (non-hydrogen) atoms. The highest BCUT2D eigenvalue weighted by atomic mass is 16.1. The minimum atomic E-state index is 0.00907. The van der Waals surface area contributed by atoms with Gasteiger partial charge in [-0.25, -0.2) is 0 Å². The van der Waals surface area contributed by atoms with E-state index in [0.717, 1.165) is 19.6 Å². The van der Waals surface area contributed by atoms with Gasteiger partial charge < -0.3 is 16.0 Å². The highest BCUT2D eigenvalue weighted by Crippen LogP contribution is 2.16. The summed E-state index contributed by atoms with van der Waals surface area (Å²) < 4.78 is 0. The molecule has 0 aromatic heterocycles. The van der Waals surface area contributed by atoms with Crippen molar-refractivity contribution in [1.82, 2.24) is 4.90 Å². The Bertz CT molecular complexity index is 361. The molecule has 0 aliphatic rings. The lowest BCUT2D eigenvalue weighted by Crippen LogP contribution is -2.27. The van der Waals surface area contributed by atoms with Crippen molar-refractivity contribution < 1.29 is 4.79 Å². The molecule has 0 bridgehead atoms. The molecule has 94 valence electrons. The first-order valence-electron chi connectivity index (χ1n) is 6.04. The van der Waals surface area contributed by atoms with Gasteiger partial charge >= 0.3 is 0 Å². The molecule has 0 radical (unpaired) electrons. The zero-order valence-corrected chi connectivity index (χ0v) is 10.6. The summed E-state index contributed by atoms with van der Waals surface area (Å²) in [7, 11) is 0. The number of carbonyl (C=O) groups excluding carboxylic acids is 1. The number of carbonyl (C=O) groups is 1. The molecular weight excluding hydrogens is 214 g/mol. The molecule has 0 heterocycles. The summed E-state index contributed by atoms with van der Waals surface area (Å²) in [5.74, 6) is 0.00907. The van der Waals surface area contributed by atoms with Gasteiger partial charge in [-0.1, -0.05) is 26.0 Å². The molecule has 4 heteroatoms. The minimum absolute atomic E-state index is 0.00907. The SMILES string of the molecule is CCN(CC)CCC(=O)Nc1ccccc1N. The average Bonchev–Trinajstić information content (AvgIpc) is 2.33. The summed E-state index contributed by atoms with van der Waals surface area (Å²) >= 11 is 0. The first-order valence-corrected chi connectivity index (χ1v) is 6.04. The van der Waals surface area contributed by atoms with Crippen LogP contribution in [0.25, 0.3) is 0 Å². The van der Waals surface area contributed by atoms with Crippen LogP contribution in [0.3, 0.4) is 0 Å². The van der Waals surface area contributed by atoms with Gasteiger partial charge in [0.25, 0.3) is 0 Å². The smallest absolute Gasteiger partial charge is 0.225 e. The van der Waals surface area contributed by atoms with E-state index in [1.54, 1.807) is 6.07 Å². The first kappa shape index (κ1) is 13.5. The molecule has 0 spiro atoms. The molecule has 1 aromatic carbocycles. The quantitative estimate of drug-likeness (QED) is 0.741. The van der Waals surface area contributed by atoms with Crippen molar-refractivity contribution in [2.75, 3.05) is 30.7 Å². The van der Waals surface area contributed by atoms with E-state index >= 15 is 0 Å². The van der Waals surface area contributed by atoms with Crippen LogP contribution in [-0.2, 0) is 4.79 Å². The van der Waals surface area contributed by atoms with Crippen molar-refractivity contribution in [2.45, 2.75) is 20.3 Å². The van der Waals surface area contributed by atoms with E-state index in [2.05, 4.69) is 24.1 Å². The van der Waals surface area contributed by atoms with Crippen LogP contribution in [0.2, 0.25) is 0 Å². The fourth-order valence-corrected chi connectivity index (χ4v) is 1.62. The predicted molar refractivity (Wildman–Crippen MR) is 71.9 cm³/mol. The number of rotatable bonds is 6. The summed E-state index contributed by atoms with van der Waals surface area (Å²) in [6, 6.07) is 7.29. The van der Waals surface area contributed by atoms with Crippen molar-refractivity contribution in [1.29, 1.82) is 0 Å². The average molecular weight is 235 g/mol. The summed E-state index contributed by atoms with van der Waals surface area (Å²) in [4.78, 5) is 13.9. The van der Waals surface area contributed by atoms with Crippen molar-refractivity contribution in [3.63, 3.8) is 0 Å². The van der Waals surface area contributed by atoms with Gasteiger partial charge in [-0.15, -0.1) is 0 Å². The lowest BCUT2D eigenvalue weighted by molar-refractivity contribution is -0.116. The molecule has 1 aromatic rings. The Kier molecular flexibility index (Phi) is 5.49. The number of nitrogens with two attached hydrogens (primary N) is 1. The Balaban J connectivity index is 2.42. The molecular formula is C13H21N3O. The lowest BCUT2D eigenvalue weighted by Gasteiger charge is -2.17. The van der Waals surface area contributed by atoms with Crippen LogP contribution in [0.15, 0.2) is 24.3 Å². The fraction of sp³-hybridized carbons (Fsp3) is 0.462. The number of hydrogen-bond acceptors (Lipinski definition) is 3. The van der Waals surface area contributed by atoms with Crippen LogP contribution in [0, 0.1) is 0 Å². The molecule has 1 rings (SSSR count). The highest BCUT2D eigenvalue weighted by molar-refractivity contribution is 5.93. The van der Waals surface area contributed by atoms with Gasteiger partial charge in [0.2, 0.25) is 5.91 Å². The zero-order valence-electron chi connectivity index (χ0n) is 10.6. The van der Waals surface area contributed by atoms with E-state index in [-0.39, 0.29) is 5.91 Å². The largest absolute Gasteiger partial charge is 0.397 e. The third-order valence-electron chi connectivity index (χ3n) is 2.78. The molecule has 1 amide bonds. The number of benzene rings is 1. The van der Waals surface area contributed by atoms with Gasteiger partial charge in [0.05, 0.1) is 11.4 Å². The molecule has 0 aliphatic carbocycles. The van der Waals surface area contributed by atoms with Crippen LogP contribution in [0.1, 0.15) is 20.3 Å². The van der Waals surface area contributed by atoms with Crippen molar-refractivity contribution >= 4 is 17.3 Å². The van der Waals surface area contributed by atoms with Gasteiger partial charge in [-0.3, -0.25) is 4.79 Å². The van der Waals surface area contributed by atoms with Gasteiger partial charge in [0.15, 0.2) is 0 Å². The Labute approximate surface area is 103 Å². The monoisotopic (exact) mass is 235 g/mol. The molecule has 0 saturated carbocycles. The van der Waals surface area contributed by atoms with E-state index in [4.69, 9.17) is 5.73 Å². The van der Waals surface area contributed by atoms with E-state index < -0.39 is 0 Å². The normalized spacial score (nSPS) is 10.5. The Morgan fingerprint density at radius 1 is 1.29 bits per heavy atom. The highest BCUT2D eigenvalue weighted by Gasteiger charge is 2.06. The first-order chi connectivity index (χ1) is 8.17. The predicted octanol–water partition coefficient (Wildman–Crippen LogP) is 1.94. The van der Waals surface area contributed by atoms with Crippen LogP contribution in [0.4, 0.5) is 11.4 Å². The van der Waals surface area contributed by atoms with Gasteiger partial charge in [-0.05, 0) is 25.2 Å². The zero-order chi connectivity index (χ0) is 12.7. The van der Waals surface area contributed by atoms with Gasteiger partial charge in [0, 0.05) is 13.0 Å². The number of nitrogens with zero attached hydrogens (tertiary/aromatic N) is 1. The van der Waals surface area contributed by atoms with E-state index in [1.165, 1.54) is 0 Å². The molecule has 0 aliphatic heterocycles. The van der Waals surface area contributed by atoms with Crippen molar-refractivity contribution in [3.05, 3.63) is 24.3 Å². The standard InChI is InChI=1S/C13H21N3O/c1-3-16(4-2)10-9-13(17)15-12-8-6-5-7-11(12)14/h5-8H,3-4,9-10,14H2,1-2H3,(H,15,17). The van der Waals surface area contributed by atoms with E-state index in [1.807, 2.05) is 18.2 Å². The number of anilines is 2. The van der Waals surface area contributed by atoms with Crippen molar-refractivity contribution in [3.8, 4) is 0 Å². The second-order valence-corrected chi connectivity index (χ2v) is 3.91. The van der Waals surface area contributed by atoms with Crippen LogP contribution >= 0.6 is 0 Å². The van der Waals surface area contributed by atoms with E-state index in [0.29, 0.717) is 17.8 Å². The molecule has 3 N–H and O–H groups in total. The number of para-hydroxylation sites is 2.